The molecule has 158 valence electrons. The third kappa shape index (κ3) is 5.02. The Labute approximate surface area is 178 Å². The van der Waals surface area contributed by atoms with E-state index >= 15 is 0 Å². The molecule has 30 heavy (non-hydrogen) atoms. The van der Waals surface area contributed by atoms with Crippen LogP contribution in [0, 0.1) is 5.92 Å². The number of hydrogen-bond donors (Lipinski definition) is 1. The molecule has 2 aliphatic rings. The number of amides is 2. The van der Waals surface area contributed by atoms with Crippen LogP contribution in [0.2, 0.25) is 0 Å². The van der Waals surface area contributed by atoms with Gasteiger partial charge in [-0.1, -0.05) is 49.2 Å². The summed E-state index contributed by atoms with van der Waals surface area (Å²) in [6.07, 6.45) is 7.20. The van der Waals surface area contributed by atoms with Gasteiger partial charge in [-0.05, 0) is 55.4 Å². The summed E-state index contributed by atoms with van der Waals surface area (Å²) >= 11 is 0. The van der Waals surface area contributed by atoms with Gasteiger partial charge in [-0.2, -0.15) is 0 Å². The Morgan fingerprint density at radius 1 is 0.967 bits per heavy atom. The number of nitrogens with zero attached hydrogens (tertiary/aromatic N) is 1. The van der Waals surface area contributed by atoms with Crippen molar-refractivity contribution in [1.82, 2.24) is 10.2 Å². The standard InChI is InChI=1S/C25H30N2O3/c28-24(27-15-7-12-20-10-4-5-14-23(20)27)18-30-22-13-6-11-21(16-22)25(29)26-17-19-8-2-1-3-9-19/h1-3,6,8-9,11,13,16,20,23H,4-5,7,10,12,14-15,17-18H2,(H,26,29). The number of carbonyl (C=O) groups is 2. The van der Waals surface area contributed by atoms with Crippen molar-refractivity contribution in [1.29, 1.82) is 0 Å². The first-order valence-electron chi connectivity index (χ1n) is 11.0. The largest absolute Gasteiger partial charge is 0.484 e. The summed E-state index contributed by atoms with van der Waals surface area (Å²) in [7, 11) is 0. The predicted octanol–water partition coefficient (Wildman–Crippen LogP) is 4.18. The topological polar surface area (TPSA) is 58.6 Å². The first kappa shape index (κ1) is 20.5. The minimum absolute atomic E-state index is 0.0261. The summed E-state index contributed by atoms with van der Waals surface area (Å²) in [6, 6.07) is 17.2. The smallest absolute Gasteiger partial charge is 0.260 e. The van der Waals surface area contributed by atoms with Gasteiger partial charge in [0.25, 0.3) is 11.8 Å². The van der Waals surface area contributed by atoms with Crippen LogP contribution in [0.15, 0.2) is 54.6 Å². The molecule has 0 spiro atoms. The van der Waals surface area contributed by atoms with Gasteiger partial charge in [0, 0.05) is 24.7 Å². The van der Waals surface area contributed by atoms with E-state index in [0.29, 0.717) is 29.8 Å². The van der Waals surface area contributed by atoms with E-state index in [1.807, 2.05) is 35.2 Å². The second-order valence-corrected chi connectivity index (χ2v) is 8.33. The third-order valence-corrected chi connectivity index (χ3v) is 6.32. The number of carbonyl (C=O) groups excluding carboxylic acids is 2. The molecule has 5 heteroatoms. The van der Waals surface area contributed by atoms with Gasteiger partial charge in [0.15, 0.2) is 6.61 Å². The number of piperidine rings is 1. The first-order chi connectivity index (χ1) is 14.7. The summed E-state index contributed by atoms with van der Waals surface area (Å²) in [5, 5.41) is 2.92. The maximum Gasteiger partial charge on any atom is 0.260 e. The number of benzene rings is 2. The van der Waals surface area contributed by atoms with Crippen molar-refractivity contribution in [3.63, 3.8) is 0 Å². The normalized spacial score (nSPS) is 20.9. The van der Waals surface area contributed by atoms with E-state index in [4.69, 9.17) is 4.74 Å². The zero-order valence-electron chi connectivity index (χ0n) is 17.4. The average molecular weight is 407 g/mol. The third-order valence-electron chi connectivity index (χ3n) is 6.32. The predicted molar refractivity (Wildman–Crippen MR) is 116 cm³/mol. The second-order valence-electron chi connectivity index (χ2n) is 8.33. The Bertz CT molecular complexity index is 866. The lowest BCUT2D eigenvalue weighted by molar-refractivity contribution is -0.139. The molecule has 0 bridgehead atoms. The van der Waals surface area contributed by atoms with Crippen molar-refractivity contribution in [2.45, 2.75) is 51.1 Å². The Morgan fingerprint density at radius 3 is 2.63 bits per heavy atom. The van der Waals surface area contributed by atoms with Gasteiger partial charge in [0.05, 0.1) is 0 Å². The number of fused-ring (bicyclic) bond motifs is 1. The molecule has 5 nitrogen and oxygen atoms in total. The monoisotopic (exact) mass is 406 g/mol. The van der Waals surface area contributed by atoms with Crippen molar-refractivity contribution in [2.75, 3.05) is 13.2 Å². The van der Waals surface area contributed by atoms with Crippen LogP contribution in [0.5, 0.6) is 5.75 Å². The Hall–Kier alpha value is -2.82. The minimum atomic E-state index is -0.156. The molecule has 1 N–H and O–H groups in total. The van der Waals surface area contributed by atoms with E-state index in [2.05, 4.69) is 5.32 Å². The highest BCUT2D eigenvalue weighted by Crippen LogP contribution is 2.35. The van der Waals surface area contributed by atoms with Crippen LogP contribution in [-0.4, -0.2) is 35.9 Å². The number of ether oxygens (including phenoxy) is 1. The Kier molecular flexibility index (Phi) is 6.67. The lowest BCUT2D eigenvalue weighted by Gasteiger charge is -2.44. The van der Waals surface area contributed by atoms with Crippen molar-refractivity contribution in [3.05, 3.63) is 65.7 Å². The molecular weight excluding hydrogens is 376 g/mol. The number of nitrogens with one attached hydrogen (secondary N) is 1. The zero-order chi connectivity index (χ0) is 20.8. The summed E-state index contributed by atoms with van der Waals surface area (Å²) in [6.45, 7) is 1.34. The second kappa shape index (κ2) is 9.79. The van der Waals surface area contributed by atoms with Gasteiger partial charge in [-0.3, -0.25) is 9.59 Å². The van der Waals surface area contributed by atoms with E-state index in [9.17, 15) is 9.59 Å². The SMILES string of the molecule is O=C(NCc1ccccc1)c1cccc(OCC(=O)N2CCCC3CCCCC32)c1. The lowest BCUT2D eigenvalue weighted by Crippen LogP contribution is -2.51. The molecule has 0 aromatic heterocycles. The fraction of sp³-hybridized carbons (Fsp3) is 0.440. The van der Waals surface area contributed by atoms with Gasteiger partial charge in [0.2, 0.25) is 0 Å². The summed E-state index contributed by atoms with van der Waals surface area (Å²) in [4.78, 5) is 27.3. The first-order valence-corrected chi connectivity index (χ1v) is 11.0. The van der Waals surface area contributed by atoms with Crippen molar-refractivity contribution in [3.8, 4) is 5.75 Å². The quantitative estimate of drug-likeness (QED) is 0.783. The van der Waals surface area contributed by atoms with Crippen LogP contribution in [-0.2, 0) is 11.3 Å². The van der Waals surface area contributed by atoms with Crippen LogP contribution in [0.25, 0.3) is 0 Å². The highest BCUT2D eigenvalue weighted by Gasteiger charge is 2.35. The van der Waals surface area contributed by atoms with E-state index in [1.165, 1.54) is 25.7 Å². The molecule has 2 amide bonds. The maximum absolute atomic E-state index is 12.8. The Morgan fingerprint density at radius 2 is 1.77 bits per heavy atom. The van der Waals surface area contributed by atoms with E-state index < -0.39 is 0 Å². The molecule has 1 saturated carbocycles. The average Bonchev–Trinajstić information content (AvgIpc) is 2.81. The Balaban J connectivity index is 1.31. The lowest BCUT2D eigenvalue weighted by atomic mass is 9.78. The van der Waals surface area contributed by atoms with Gasteiger partial charge in [-0.25, -0.2) is 0 Å². The molecule has 2 aromatic carbocycles. The molecular formula is C25H30N2O3. The summed E-state index contributed by atoms with van der Waals surface area (Å²) in [5.74, 6) is 1.11. The highest BCUT2D eigenvalue weighted by molar-refractivity contribution is 5.94. The molecule has 1 aliphatic carbocycles. The number of likely N-dealkylation sites (tertiary alicyclic amines) is 1. The van der Waals surface area contributed by atoms with Crippen LogP contribution < -0.4 is 10.1 Å². The molecule has 4 rings (SSSR count). The van der Waals surface area contributed by atoms with Gasteiger partial charge >= 0.3 is 0 Å². The van der Waals surface area contributed by atoms with Gasteiger partial charge < -0.3 is 15.0 Å². The molecule has 2 fully saturated rings. The van der Waals surface area contributed by atoms with Crippen LogP contribution in [0.1, 0.15) is 54.4 Å². The molecule has 1 aliphatic heterocycles. The molecule has 2 aromatic rings. The summed E-state index contributed by atoms with van der Waals surface area (Å²) in [5.41, 5.74) is 1.58. The summed E-state index contributed by atoms with van der Waals surface area (Å²) < 4.78 is 5.78. The van der Waals surface area contributed by atoms with E-state index in [0.717, 1.165) is 24.9 Å². The maximum atomic E-state index is 12.8. The zero-order valence-corrected chi connectivity index (χ0v) is 17.4. The number of rotatable bonds is 6. The highest BCUT2D eigenvalue weighted by atomic mass is 16.5. The van der Waals surface area contributed by atoms with Crippen molar-refractivity contribution in [2.24, 2.45) is 5.92 Å². The van der Waals surface area contributed by atoms with E-state index in [-0.39, 0.29) is 18.4 Å². The fourth-order valence-corrected chi connectivity index (χ4v) is 4.77. The fourth-order valence-electron chi connectivity index (χ4n) is 4.77. The van der Waals surface area contributed by atoms with E-state index in [1.54, 1.807) is 24.3 Å². The number of hydrogen-bond acceptors (Lipinski definition) is 3. The van der Waals surface area contributed by atoms with Crippen molar-refractivity contribution < 1.29 is 14.3 Å². The van der Waals surface area contributed by atoms with Crippen LogP contribution in [0.3, 0.4) is 0 Å². The van der Waals surface area contributed by atoms with Crippen molar-refractivity contribution >= 4 is 11.8 Å². The molecule has 0 radical (unpaired) electrons. The minimum Gasteiger partial charge on any atom is -0.484 e. The molecule has 1 saturated heterocycles. The van der Waals surface area contributed by atoms with Crippen LogP contribution >= 0.6 is 0 Å². The molecule has 2 unspecified atom stereocenters. The molecule has 1 heterocycles. The van der Waals surface area contributed by atoms with Crippen LogP contribution in [0.4, 0.5) is 0 Å². The molecule has 2 atom stereocenters. The van der Waals surface area contributed by atoms with Gasteiger partial charge in [0.1, 0.15) is 5.75 Å². The van der Waals surface area contributed by atoms with Gasteiger partial charge in [-0.15, -0.1) is 0 Å².